The molecule has 0 radical (unpaired) electrons. The van der Waals surface area contributed by atoms with Crippen LogP contribution in [0.3, 0.4) is 0 Å². The first-order valence-corrected chi connectivity index (χ1v) is 14.0. The molecular weight excluding hydrogens is 462 g/mol. The van der Waals surface area contributed by atoms with Gasteiger partial charge in [-0.3, -0.25) is 4.79 Å². The van der Waals surface area contributed by atoms with Crippen molar-refractivity contribution in [3.05, 3.63) is 48.0 Å². The van der Waals surface area contributed by atoms with Crippen LogP contribution in [-0.4, -0.2) is 47.3 Å². The number of hydrogen-bond donors (Lipinski definition) is 0. The number of thiazole rings is 1. The summed E-state index contributed by atoms with van der Waals surface area (Å²) in [5.41, 5.74) is 4.04. The van der Waals surface area contributed by atoms with Crippen molar-refractivity contribution in [2.75, 3.05) is 16.4 Å². The van der Waals surface area contributed by atoms with Crippen molar-refractivity contribution in [3.8, 4) is 10.6 Å². The van der Waals surface area contributed by atoms with Gasteiger partial charge in [0.15, 0.2) is 15.0 Å². The third-order valence-electron chi connectivity index (χ3n) is 5.70. The van der Waals surface area contributed by atoms with E-state index >= 15 is 0 Å². The minimum Gasteiger partial charge on any atom is -0.316 e. The fourth-order valence-electron chi connectivity index (χ4n) is 4.01. The van der Waals surface area contributed by atoms with E-state index in [9.17, 15) is 13.2 Å². The number of thioether (sulfide) groups is 1. The number of fused-ring (bicyclic) bond motifs is 2. The predicted octanol–water partition coefficient (Wildman–Crippen LogP) is 4.53. The number of rotatable bonds is 3. The van der Waals surface area contributed by atoms with Crippen molar-refractivity contribution in [1.82, 2.24) is 4.98 Å². The van der Waals surface area contributed by atoms with Gasteiger partial charge in [0.2, 0.25) is 0 Å². The van der Waals surface area contributed by atoms with E-state index in [-0.39, 0.29) is 34.6 Å². The van der Waals surface area contributed by atoms with Crippen molar-refractivity contribution in [2.45, 2.75) is 32.1 Å². The van der Waals surface area contributed by atoms with Crippen molar-refractivity contribution >= 4 is 59.9 Å². The Morgan fingerprint density at radius 2 is 1.91 bits per heavy atom. The highest BCUT2D eigenvalue weighted by Crippen LogP contribution is 2.41. The fourth-order valence-corrected chi connectivity index (χ4v) is 9.00. The molecule has 6 nitrogen and oxygen atoms in total. The summed E-state index contributed by atoms with van der Waals surface area (Å²) >= 11 is 3.06. The average Bonchev–Trinajstić information content (AvgIpc) is 3.37. The Labute approximate surface area is 195 Å². The number of aliphatic imine (C=N–C) groups is 1. The number of hydrogen-bond acceptors (Lipinski definition) is 6. The van der Waals surface area contributed by atoms with Crippen LogP contribution in [0.5, 0.6) is 0 Å². The highest BCUT2D eigenvalue weighted by Gasteiger charge is 2.49. The van der Waals surface area contributed by atoms with Crippen LogP contribution in [0.15, 0.2) is 47.5 Å². The molecule has 32 heavy (non-hydrogen) atoms. The summed E-state index contributed by atoms with van der Waals surface area (Å²) in [7, 11) is -3.09. The van der Waals surface area contributed by atoms with Gasteiger partial charge in [0, 0.05) is 22.4 Å². The Kier molecular flexibility index (Phi) is 5.38. The lowest BCUT2D eigenvalue weighted by Crippen LogP contribution is -2.37. The van der Waals surface area contributed by atoms with E-state index in [0.717, 1.165) is 26.5 Å². The summed E-state index contributed by atoms with van der Waals surface area (Å²) in [6, 6.07) is 14.0. The number of sulfone groups is 1. The molecule has 3 aromatic rings. The molecule has 2 saturated heterocycles. The molecule has 2 aliphatic rings. The maximum absolute atomic E-state index is 12.3. The van der Waals surface area contributed by atoms with Crippen LogP contribution in [0.1, 0.15) is 19.4 Å². The van der Waals surface area contributed by atoms with Gasteiger partial charge in [-0.05, 0) is 48.9 Å². The molecule has 2 fully saturated rings. The van der Waals surface area contributed by atoms with Gasteiger partial charge in [-0.15, -0.1) is 11.3 Å². The number of aryl methyl sites for hydroxylation is 1. The molecule has 3 heterocycles. The van der Waals surface area contributed by atoms with Crippen LogP contribution < -0.4 is 4.90 Å². The fraction of sp³-hybridized carbons (Fsp3) is 0.348. The Hall–Kier alpha value is -2.23. The molecule has 5 rings (SSSR count). The third-order valence-corrected chi connectivity index (χ3v) is 9.98. The van der Waals surface area contributed by atoms with Crippen molar-refractivity contribution in [3.63, 3.8) is 0 Å². The molecule has 1 amide bonds. The molecule has 0 N–H and O–H groups in total. The molecule has 0 saturated carbocycles. The molecule has 2 atom stereocenters. The topological polar surface area (TPSA) is 79.7 Å². The summed E-state index contributed by atoms with van der Waals surface area (Å²) in [5.74, 6) is -0.198. The van der Waals surface area contributed by atoms with E-state index in [1.54, 1.807) is 11.3 Å². The lowest BCUT2D eigenvalue weighted by atomic mass is 10.1. The second kappa shape index (κ2) is 7.97. The number of carbonyl (C=O) groups is 1. The zero-order valence-electron chi connectivity index (χ0n) is 18.0. The van der Waals surface area contributed by atoms with Gasteiger partial charge in [-0.25, -0.2) is 13.4 Å². The van der Waals surface area contributed by atoms with Crippen LogP contribution in [0.4, 0.5) is 5.69 Å². The second-order valence-corrected chi connectivity index (χ2v) is 13.0. The van der Waals surface area contributed by atoms with Crippen LogP contribution in [0.2, 0.25) is 0 Å². The standard InChI is InChI=1S/C23H23N3O3S3/c1-13(2)21(27)25-23-26(18-11-32(28,29)12-20(18)31-23)16-7-5-15(6-8-16)22-24-17-9-4-14(3)10-19(17)30-22/h4-10,13,18,20H,11-12H2,1-3H3/t18-,20+/m0/s1. The van der Waals surface area contributed by atoms with Gasteiger partial charge >= 0.3 is 0 Å². The van der Waals surface area contributed by atoms with Gasteiger partial charge in [-0.2, -0.15) is 4.99 Å². The Morgan fingerprint density at radius 1 is 1.16 bits per heavy atom. The minimum absolute atomic E-state index is 0.0819. The Morgan fingerprint density at radius 3 is 2.62 bits per heavy atom. The second-order valence-electron chi connectivity index (χ2n) is 8.59. The first-order chi connectivity index (χ1) is 15.2. The van der Waals surface area contributed by atoms with E-state index in [4.69, 9.17) is 4.98 Å². The zero-order chi connectivity index (χ0) is 22.6. The van der Waals surface area contributed by atoms with Crippen molar-refractivity contribution in [2.24, 2.45) is 10.9 Å². The zero-order valence-corrected chi connectivity index (χ0v) is 20.4. The maximum Gasteiger partial charge on any atom is 0.250 e. The van der Waals surface area contributed by atoms with E-state index in [2.05, 4.69) is 24.0 Å². The first-order valence-electron chi connectivity index (χ1n) is 10.5. The third kappa shape index (κ3) is 3.97. The van der Waals surface area contributed by atoms with Crippen LogP contribution in [-0.2, 0) is 14.6 Å². The van der Waals surface area contributed by atoms with Crippen LogP contribution in [0, 0.1) is 12.8 Å². The van der Waals surface area contributed by atoms with Crippen molar-refractivity contribution in [1.29, 1.82) is 0 Å². The van der Waals surface area contributed by atoms with Gasteiger partial charge in [0.1, 0.15) is 5.01 Å². The highest BCUT2D eigenvalue weighted by atomic mass is 32.2. The molecule has 2 aromatic carbocycles. The largest absolute Gasteiger partial charge is 0.316 e. The summed E-state index contributed by atoms with van der Waals surface area (Å²) in [5, 5.41) is 1.43. The molecular formula is C23H23N3O3S3. The number of carbonyl (C=O) groups excluding carboxylic acids is 1. The van der Waals surface area contributed by atoms with E-state index < -0.39 is 9.84 Å². The van der Waals surface area contributed by atoms with Gasteiger partial charge in [0.05, 0.1) is 27.8 Å². The average molecular weight is 486 g/mol. The molecule has 166 valence electrons. The summed E-state index contributed by atoms with van der Waals surface area (Å²) in [6.45, 7) is 5.70. The highest BCUT2D eigenvalue weighted by molar-refractivity contribution is 8.16. The number of aromatic nitrogens is 1. The molecule has 1 aromatic heterocycles. The predicted molar refractivity (Wildman–Crippen MR) is 133 cm³/mol. The van der Waals surface area contributed by atoms with Crippen LogP contribution >= 0.6 is 23.1 Å². The molecule has 0 bridgehead atoms. The monoisotopic (exact) mass is 485 g/mol. The number of anilines is 1. The van der Waals surface area contributed by atoms with E-state index in [1.165, 1.54) is 17.3 Å². The maximum atomic E-state index is 12.3. The first kappa shape index (κ1) is 21.6. The number of amides is 1. The van der Waals surface area contributed by atoms with Gasteiger partial charge in [-0.1, -0.05) is 31.7 Å². The lowest BCUT2D eigenvalue weighted by molar-refractivity contribution is -0.120. The molecule has 0 spiro atoms. The van der Waals surface area contributed by atoms with Gasteiger partial charge < -0.3 is 4.90 Å². The Bertz CT molecular complexity index is 1340. The minimum atomic E-state index is -3.09. The molecule has 9 heteroatoms. The number of benzene rings is 2. The summed E-state index contributed by atoms with van der Waals surface area (Å²) < 4.78 is 25.7. The summed E-state index contributed by atoms with van der Waals surface area (Å²) in [6.07, 6.45) is 0. The normalized spacial score (nSPS) is 23.4. The quantitative estimate of drug-likeness (QED) is 0.542. The molecule has 2 aliphatic heterocycles. The van der Waals surface area contributed by atoms with E-state index in [1.807, 2.05) is 49.1 Å². The smallest absolute Gasteiger partial charge is 0.250 e. The van der Waals surface area contributed by atoms with E-state index in [0.29, 0.717) is 5.17 Å². The molecule has 0 aliphatic carbocycles. The number of amidine groups is 1. The Balaban J connectivity index is 1.50. The lowest BCUT2D eigenvalue weighted by Gasteiger charge is -2.24. The summed E-state index contributed by atoms with van der Waals surface area (Å²) in [4.78, 5) is 23.3. The van der Waals surface area contributed by atoms with Gasteiger partial charge in [0.25, 0.3) is 5.91 Å². The SMILES string of the molecule is Cc1ccc2nc(-c3ccc(N4C(=NC(=O)C(C)C)S[C@@H]5CS(=O)(=O)C[C@@H]54)cc3)sc2c1. The number of nitrogens with zero attached hydrogens (tertiary/aromatic N) is 3. The van der Waals surface area contributed by atoms with Crippen molar-refractivity contribution < 1.29 is 13.2 Å². The van der Waals surface area contributed by atoms with Crippen LogP contribution in [0.25, 0.3) is 20.8 Å². The molecule has 0 unspecified atom stereocenters.